The average molecular weight is 222 g/mol. The fraction of sp³-hybridized carbons (Fsp3) is 0.900. The van der Waals surface area contributed by atoms with Crippen molar-refractivity contribution < 1.29 is 9.53 Å². The molecule has 0 aromatic heterocycles. The van der Waals surface area contributed by atoms with Crippen LogP contribution >= 0.6 is 11.6 Å². The average Bonchev–Trinajstić information content (AvgIpc) is 2.16. The van der Waals surface area contributed by atoms with Crippen LogP contribution in [0, 0.1) is 0 Å². The molecule has 0 heterocycles. The van der Waals surface area contributed by atoms with Crippen LogP contribution in [0.2, 0.25) is 0 Å². The highest BCUT2D eigenvalue weighted by atomic mass is 35.5. The third-order valence-corrected chi connectivity index (χ3v) is 2.24. The third kappa shape index (κ3) is 8.17. The van der Waals surface area contributed by atoms with Gasteiger partial charge in [-0.2, -0.15) is 0 Å². The van der Waals surface area contributed by atoms with Crippen molar-refractivity contribution in [2.24, 2.45) is 0 Å². The Hall–Kier alpha value is -0.440. The first kappa shape index (κ1) is 13.6. The molecule has 0 spiro atoms. The maximum atomic E-state index is 10.9. The molecule has 0 rings (SSSR count). The van der Waals surface area contributed by atoms with Gasteiger partial charge in [-0.25, -0.2) is 4.79 Å². The van der Waals surface area contributed by atoms with Gasteiger partial charge in [0, 0.05) is 6.54 Å². The lowest BCUT2D eigenvalue weighted by atomic mass is 10.1. The van der Waals surface area contributed by atoms with Crippen LogP contribution in [0.25, 0.3) is 0 Å². The van der Waals surface area contributed by atoms with Gasteiger partial charge in [-0.1, -0.05) is 26.2 Å². The van der Waals surface area contributed by atoms with E-state index >= 15 is 0 Å². The van der Waals surface area contributed by atoms with E-state index in [1.165, 1.54) is 12.8 Å². The summed E-state index contributed by atoms with van der Waals surface area (Å²) in [6, 6.07) is 0. The smallest absolute Gasteiger partial charge is 0.407 e. The van der Waals surface area contributed by atoms with E-state index in [9.17, 15) is 4.79 Å². The lowest BCUT2D eigenvalue weighted by Gasteiger charge is -2.10. The molecule has 14 heavy (non-hydrogen) atoms. The number of nitrogens with one attached hydrogen (secondary N) is 1. The minimum absolute atomic E-state index is 0.0194. The topological polar surface area (TPSA) is 38.3 Å². The number of amides is 1. The predicted molar refractivity (Wildman–Crippen MR) is 58.8 cm³/mol. The first-order valence-corrected chi connectivity index (χ1v) is 5.69. The van der Waals surface area contributed by atoms with Crippen molar-refractivity contribution in [2.45, 2.75) is 44.9 Å². The van der Waals surface area contributed by atoms with Gasteiger partial charge in [-0.3, -0.25) is 0 Å². The predicted octanol–water partition coefficient (Wildman–Crippen LogP) is 2.92. The van der Waals surface area contributed by atoms with Crippen molar-refractivity contribution in [1.82, 2.24) is 5.32 Å². The summed E-state index contributed by atoms with van der Waals surface area (Å²) in [5.74, 6) is 0. The largest absolute Gasteiger partial charge is 0.450 e. The van der Waals surface area contributed by atoms with Crippen molar-refractivity contribution in [2.75, 3.05) is 13.2 Å². The first-order valence-electron chi connectivity index (χ1n) is 5.25. The second-order valence-electron chi connectivity index (χ2n) is 3.19. The van der Waals surface area contributed by atoms with E-state index in [2.05, 4.69) is 12.2 Å². The highest BCUT2D eigenvalue weighted by Crippen LogP contribution is 2.07. The van der Waals surface area contributed by atoms with Gasteiger partial charge in [0.15, 0.2) is 0 Å². The maximum absolute atomic E-state index is 10.9. The standard InChI is InChI=1S/C10H20ClNO2/c1-3-5-6-7-9(11)8-12-10(13)14-4-2/h9H,3-8H2,1-2H3,(H,12,13). The van der Waals surface area contributed by atoms with Crippen LogP contribution in [0.1, 0.15) is 39.5 Å². The summed E-state index contributed by atoms with van der Waals surface area (Å²) in [6.07, 6.45) is 4.07. The van der Waals surface area contributed by atoms with E-state index in [1.807, 2.05) is 0 Å². The SMILES string of the molecule is CCCCCC(Cl)CNC(=O)OCC. The van der Waals surface area contributed by atoms with Crippen LogP contribution in [0.15, 0.2) is 0 Å². The van der Waals surface area contributed by atoms with Crippen molar-refractivity contribution in [3.63, 3.8) is 0 Å². The molecular formula is C10H20ClNO2. The fourth-order valence-electron chi connectivity index (χ4n) is 1.09. The minimum Gasteiger partial charge on any atom is -0.450 e. The monoisotopic (exact) mass is 221 g/mol. The second-order valence-corrected chi connectivity index (χ2v) is 3.81. The van der Waals surface area contributed by atoms with Crippen LogP contribution < -0.4 is 5.32 Å². The van der Waals surface area contributed by atoms with Gasteiger partial charge < -0.3 is 10.1 Å². The highest BCUT2D eigenvalue weighted by molar-refractivity contribution is 6.20. The van der Waals surface area contributed by atoms with Gasteiger partial charge in [0.25, 0.3) is 0 Å². The van der Waals surface area contributed by atoms with Crippen molar-refractivity contribution in [3.05, 3.63) is 0 Å². The molecule has 4 heteroatoms. The number of unbranched alkanes of at least 4 members (excludes halogenated alkanes) is 2. The number of hydrogen-bond acceptors (Lipinski definition) is 2. The number of halogens is 1. The molecule has 0 saturated carbocycles. The molecule has 84 valence electrons. The number of carbonyl (C=O) groups excluding carboxylic acids is 1. The van der Waals surface area contributed by atoms with Crippen LogP contribution in [0.3, 0.4) is 0 Å². The van der Waals surface area contributed by atoms with Gasteiger partial charge in [0.1, 0.15) is 0 Å². The van der Waals surface area contributed by atoms with Gasteiger partial charge in [-0.15, -0.1) is 11.6 Å². The lowest BCUT2D eigenvalue weighted by Crippen LogP contribution is -2.30. The zero-order valence-corrected chi connectivity index (χ0v) is 9.77. The number of hydrogen-bond donors (Lipinski definition) is 1. The van der Waals surface area contributed by atoms with Crippen LogP contribution in [-0.4, -0.2) is 24.6 Å². The van der Waals surface area contributed by atoms with Crippen molar-refractivity contribution >= 4 is 17.7 Å². The van der Waals surface area contributed by atoms with Gasteiger partial charge in [-0.05, 0) is 13.3 Å². The van der Waals surface area contributed by atoms with E-state index in [0.717, 1.165) is 12.8 Å². The Morgan fingerprint density at radius 3 is 2.71 bits per heavy atom. The van der Waals surface area contributed by atoms with E-state index in [4.69, 9.17) is 16.3 Å². The number of rotatable bonds is 7. The van der Waals surface area contributed by atoms with Crippen LogP contribution in [0.4, 0.5) is 4.79 Å². The molecular weight excluding hydrogens is 202 g/mol. The van der Waals surface area contributed by atoms with Gasteiger partial charge in [0.2, 0.25) is 0 Å². The highest BCUT2D eigenvalue weighted by Gasteiger charge is 2.06. The molecule has 1 N–H and O–H groups in total. The molecule has 1 unspecified atom stereocenters. The summed E-state index contributed by atoms with van der Waals surface area (Å²) in [5, 5.41) is 2.64. The molecule has 0 bridgehead atoms. The Bertz CT molecular complexity index is 153. The number of carbonyl (C=O) groups is 1. The number of alkyl carbamates (subject to hydrolysis) is 1. The summed E-state index contributed by atoms with van der Waals surface area (Å²) in [6.45, 7) is 4.82. The summed E-state index contributed by atoms with van der Waals surface area (Å²) in [5.41, 5.74) is 0. The number of alkyl halides is 1. The molecule has 0 radical (unpaired) electrons. The fourth-order valence-corrected chi connectivity index (χ4v) is 1.33. The molecule has 0 aliphatic rings. The van der Waals surface area contributed by atoms with Gasteiger partial charge >= 0.3 is 6.09 Å². The van der Waals surface area contributed by atoms with E-state index in [-0.39, 0.29) is 11.5 Å². The summed E-state index contributed by atoms with van der Waals surface area (Å²) in [4.78, 5) is 10.9. The lowest BCUT2D eigenvalue weighted by molar-refractivity contribution is 0.152. The molecule has 3 nitrogen and oxygen atoms in total. The van der Waals surface area contributed by atoms with Crippen molar-refractivity contribution in [1.29, 1.82) is 0 Å². The zero-order chi connectivity index (χ0) is 10.8. The maximum Gasteiger partial charge on any atom is 0.407 e. The molecule has 0 aromatic rings. The van der Waals surface area contributed by atoms with Crippen LogP contribution in [0.5, 0.6) is 0 Å². The molecule has 0 aliphatic heterocycles. The normalized spacial score (nSPS) is 12.2. The molecule has 1 amide bonds. The van der Waals surface area contributed by atoms with E-state index < -0.39 is 0 Å². The summed E-state index contributed by atoms with van der Waals surface area (Å²) >= 11 is 5.99. The van der Waals surface area contributed by atoms with E-state index in [1.54, 1.807) is 6.92 Å². The summed E-state index contributed by atoms with van der Waals surface area (Å²) < 4.78 is 4.71. The zero-order valence-electron chi connectivity index (χ0n) is 9.01. The van der Waals surface area contributed by atoms with E-state index in [0.29, 0.717) is 13.2 Å². The second kappa shape index (κ2) is 9.13. The molecule has 1 atom stereocenters. The third-order valence-electron chi connectivity index (χ3n) is 1.86. The first-order chi connectivity index (χ1) is 6.70. The Morgan fingerprint density at radius 2 is 2.14 bits per heavy atom. The molecule has 0 aromatic carbocycles. The molecule has 0 fully saturated rings. The molecule has 0 aliphatic carbocycles. The van der Waals surface area contributed by atoms with Gasteiger partial charge in [0.05, 0.1) is 12.0 Å². The Kier molecular flexibility index (Phi) is 8.84. The minimum atomic E-state index is -0.381. The summed E-state index contributed by atoms with van der Waals surface area (Å²) in [7, 11) is 0. The Balaban J connectivity index is 3.33. The number of ether oxygens (including phenoxy) is 1. The van der Waals surface area contributed by atoms with Crippen molar-refractivity contribution in [3.8, 4) is 0 Å². The quantitative estimate of drug-likeness (QED) is 0.530. The Labute approximate surface area is 91.2 Å². The Morgan fingerprint density at radius 1 is 1.43 bits per heavy atom. The molecule has 0 saturated heterocycles. The van der Waals surface area contributed by atoms with Crippen LogP contribution in [-0.2, 0) is 4.74 Å².